The quantitative estimate of drug-likeness (QED) is 0.683. The van der Waals surface area contributed by atoms with Crippen molar-refractivity contribution >= 4 is 17.3 Å². The van der Waals surface area contributed by atoms with Gasteiger partial charge in [0.15, 0.2) is 11.5 Å². The third-order valence-corrected chi connectivity index (χ3v) is 3.73. The van der Waals surface area contributed by atoms with Gasteiger partial charge in [-0.05, 0) is 17.5 Å². The molecule has 0 N–H and O–H groups in total. The highest BCUT2D eigenvalue weighted by Gasteiger charge is 2.13. The molecule has 3 rings (SSSR count). The van der Waals surface area contributed by atoms with E-state index in [0.29, 0.717) is 11.5 Å². The maximum Gasteiger partial charge on any atom is 0.359 e. The molecule has 3 aromatic heterocycles. The molecule has 0 aliphatic carbocycles. The van der Waals surface area contributed by atoms with Crippen LogP contribution in [0.2, 0.25) is 0 Å². The van der Waals surface area contributed by atoms with Crippen molar-refractivity contribution in [2.45, 2.75) is 6.61 Å². The Labute approximate surface area is 128 Å². The van der Waals surface area contributed by atoms with Crippen LogP contribution in [-0.2, 0) is 18.4 Å². The van der Waals surface area contributed by atoms with Crippen molar-refractivity contribution in [2.75, 3.05) is 0 Å². The number of hydrogen-bond donors (Lipinski definition) is 0. The first-order valence-electron chi connectivity index (χ1n) is 6.34. The first kappa shape index (κ1) is 14.2. The molecule has 3 heterocycles. The van der Waals surface area contributed by atoms with E-state index in [1.165, 1.54) is 30.5 Å². The van der Waals surface area contributed by atoms with Crippen molar-refractivity contribution in [3.63, 3.8) is 0 Å². The molecule has 0 amide bonds. The van der Waals surface area contributed by atoms with Crippen LogP contribution in [0.1, 0.15) is 16.2 Å². The van der Waals surface area contributed by atoms with Crippen LogP contribution in [0.15, 0.2) is 45.0 Å². The zero-order valence-electron chi connectivity index (χ0n) is 11.6. The highest BCUT2D eigenvalue weighted by atomic mass is 32.1. The van der Waals surface area contributed by atoms with Crippen LogP contribution in [0.5, 0.6) is 0 Å². The Hall–Kier alpha value is -2.74. The molecule has 0 aromatic carbocycles. The second-order valence-electron chi connectivity index (χ2n) is 4.42. The Kier molecular flexibility index (Phi) is 3.84. The van der Waals surface area contributed by atoms with Gasteiger partial charge < -0.3 is 9.26 Å². The average Bonchev–Trinajstić information content (AvgIpc) is 3.18. The van der Waals surface area contributed by atoms with Crippen molar-refractivity contribution in [1.29, 1.82) is 0 Å². The Balaban J connectivity index is 1.66. The van der Waals surface area contributed by atoms with Crippen LogP contribution in [-0.4, -0.2) is 20.9 Å². The molecule has 0 fully saturated rings. The normalized spacial score (nSPS) is 10.6. The number of carbonyl (C=O) groups is 1. The van der Waals surface area contributed by atoms with E-state index in [-0.39, 0.29) is 17.9 Å². The van der Waals surface area contributed by atoms with Gasteiger partial charge in [-0.15, -0.1) is 11.3 Å². The van der Waals surface area contributed by atoms with Gasteiger partial charge in [-0.25, -0.2) is 9.48 Å². The fraction of sp³-hybridized carbons (Fsp3) is 0.143. The second kappa shape index (κ2) is 5.94. The lowest BCUT2D eigenvalue weighted by atomic mass is 10.3. The molecule has 0 bridgehead atoms. The zero-order chi connectivity index (χ0) is 15.5. The van der Waals surface area contributed by atoms with Crippen LogP contribution in [0.25, 0.3) is 10.6 Å². The van der Waals surface area contributed by atoms with Gasteiger partial charge in [0.25, 0.3) is 5.56 Å². The third kappa shape index (κ3) is 2.96. The molecule has 8 heteroatoms. The van der Waals surface area contributed by atoms with Crippen LogP contribution in [0.3, 0.4) is 0 Å². The van der Waals surface area contributed by atoms with E-state index >= 15 is 0 Å². The number of aromatic nitrogens is 3. The van der Waals surface area contributed by atoms with Gasteiger partial charge in [-0.3, -0.25) is 4.79 Å². The van der Waals surface area contributed by atoms with Gasteiger partial charge in [0, 0.05) is 19.2 Å². The van der Waals surface area contributed by atoms with E-state index in [2.05, 4.69) is 10.3 Å². The number of thiophene rings is 1. The number of ether oxygens (including phenoxy) is 1. The average molecular weight is 317 g/mol. The SMILES string of the molecule is Cn1nc(C(=O)OCc2cc(-c3cccs3)on2)ccc1=O. The van der Waals surface area contributed by atoms with Gasteiger partial charge in [0.2, 0.25) is 0 Å². The zero-order valence-corrected chi connectivity index (χ0v) is 12.4. The summed E-state index contributed by atoms with van der Waals surface area (Å²) < 4.78 is 11.4. The topological polar surface area (TPSA) is 87.2 Å². The minimum atomic E-state index is -0.628. The van der Waals surface area contributed by atoms with Crippen LogP contribution < -0.4 is 5.56 Å². The lowest BCUT2D eigenvalue weighted by Crippen LogP contribution is -2.21. The van der Waals surface area contributed by atoms with Crippen LogP contribution in [0, 0.1) is 0 Å². The van der Waals surface area contributed by atoms with E-state index < -0.39 is 5.97 Å². The van der Waals surface area contributed by atoms with E-state index in [4.69, 9.17) is 9.26 Å². The largest absolute Gasteiger partial charge is 0.454 e. The molecule has 0 unspecified atom stereocenters. The van der Waals surface area contributed by atoms with Gasteiger partial charge in [0.1, 0.15) is 12.3 Å². The number of aryl methyl sites for hydroxylation is 1. The highest BCUT2D eigenvalue weighted by molar-refractivity contribution is 7.13. The van der Waals surface area contributed by atoms with E-state index in [1.54, 1.807) is 6.07 Å². The molecule has 7 nitrogen and oxygen atoms in total. The standard InChI is InChI=1S/C14H11N3O4S/c1-17-13(18)5-4-10(15-17)14(19)20-8-9-7-11(21-16-9)12-3-2-6-22-12/h2-7H,8H2,1H3. The molecular weight excluding hydrogens is 306 g/mol. The number of esters is 1. The number of hydrogen-bond acceptors (Lipinski definition) is 7. The summed E-state index contributed by atoms with van der Waals surface area (Å²) in [7, 11) is 1.46. The van der Waals surface area contributed by atoms with Crippen molar-refractivity contribution in [3.05, 3.63) is 57.5 Å². The van der Waals surface area contributed by atoms with Crippen LogP contribution in [0.4, 0.5) is 0 Å². The maximum atomic E-state index is 11.9. The molecule has 0 radical (unpaired) electrons. The molecule has 0 saturated carbocycles. The first-order valence-corrected chi connectivity index (χ1v) is 7.22. The lowest BCUT2D eigenvalue weighted by molar-refractivity contribution is 0.0454. The highest BCUT2D eigenvalue weighted by Crippen LogP contribution is 2.25. The van der Waals surface area contributed by atoms with E-state index in [0.717, 1.165) is 9.56 Å². The summed E-state index contributed by atoms with van der Waals surface area (Å²) in [5.41, 5.74) is 0.263. The molecule has 0 atom stereocenters. The Morgan fingerprint density at radius 2 is 2.27 bits per heavy atom. The molecule has 0 saturated heterocycles. The second-order valence-corrected chi connectivity index (χ2v) is 5.36. The molecule has 112 valence electrons. The predicted octanol–water partition coefficient (Wildman–Crippen LogP) is 1.85. The van der Waals surface area contributed by atoms with Gasteiger partial charge in [-0.1, -0.05) is 11.2 Å². The summed E-state index contributed by atoms with van der Waals surface area (Å²) in [6.45, 7) is -0.0295. The number of nitrogens with zero attached hydrogens (tertiary/aromatic N) is 3. The Morgan fingerprint density at radius 1 is 1.41 bits per heavy atom. The lowest BCUT2D eigenvalue weighted by Gasteiger charge is -2.02. The van der Waals surface area contributed by atoms with Crippen molar-refractivity contribution in [3.8, 4) is 10.6 Å². The maximum absolute atomic E-state index is 11.9. The summed E-state index contributed by atoms with van der Waals surface area (Å²) in [5.74, 6) is -0.00226. The summed E-state index contributed by atoms with van der Waals surface area (Å²) in [5, 5.41) is 9.60. The molecule has 3 aromatic rings. The summed E-state index contributed by atoms with van der Waals surface area (Å²) in [4.78, 5) is 24.0. The van der Waals surface area contributed by atoms with E-state index in [1.807, 2.05) is 17.5 Å². The fourth-order valence-corrected chi connectivity index (χ4v) is 2.41. The van der Waals surface area contributed by atoms with Crippen molar-refractivity contribution in [1.82, 2.24) is 14.9 Å². The smallest absolute Gasteiger partial charge is 0.359 e. The molecular formula is C14H11N3O4S. The molecule has 0 aliphatic rings. The summed E-state index contributed by atoms with van der Waals surface area (Å²) >= 11 is 1.53. The minimum absolute atomic E-state index is 0.0295. The number of rotatable bonds is 4. The number of carbonyl (C=O) groups excluding carboxylic acids is 1. The van der Waals surface area contributed by atoms with Crippen molar-refractivity contribution < 1.29 is 14.1 Å². The molecule has 0 spiro atoms. The third-order valence-electron chi connectivity index (χ3n) is 2.84. The summed E-state index contributed by atoms with van der Waals surface area (Å²) in [6, 6.07) is 8.12. The first-order chi connectivity index (χ1) is 10.6. The minimum Gasteiger partial charge on any atom is -0.454 e. The Bertz CT molecular complexity index is 851. The molecule has 22 heavy (non-hydrogen) atoms. The van der Waals surface area contributed by atoms with Crippen molar-refractivity contribution in [2.24, 2.45) is 7.05 Å². The predicted molar refractivity (Wildman–Crippen MR) is 78.4 cm³/mol. The van der Waals surface area contributed by atoms with Gasteiger partial charge >= 0.3 is 5.97 Å². The van der Waals surface area contributed by atoms with Crippen LogP contribution >= 0.6 is 11.3 Å². The monoisotopic (exact) mass is 317 g/mol. The summed E-state index contributed by atoms with van der Waals surface area (Å²) in [6.07, 6.45) is 0. The fourth-order valence-electron chi connectivity index (χ4n) is 1.74. The van der Waals surface area contributed by atoms with Gasteiger partial charge in [0.05, 0.1) is 4.88 Å². The molecule has 0 aliphatic heterocycles. The van der Waals surface area contributed by atoms with E-state index in [9.17, 15) is 9.59 Å². The van der Waals surface area contributed by atoms with Gasteiger partial charge in [-0.2, -0.15) is 5.10 Å². The Morgan fingerprint density at radius 3 is 3.00 bits per heavy atom.